The second-order valence-corrected chi connectivity index (χ2v) is 4.36. The van der Waals surface area contributed by atoms with E-state index in [0.717, 1.165) is 0 Å². The van der Waals surface area contributed by atoms with Gasteiger partial charge in [-0.05, 0) is 6.42 Å². The molecule has 1 aromatic heterocycles. The molecule has 1 atom stereocenters. The highest BCUT2D eigenvalue weighted by Crippen LogP contribution is 2.23. The standard InChI is InChI=1S/C11H18ClF2N3O2/c1-18-5-3-17-11(8(12)6-16-17)9(15)2-4-19-7-10(13)14/h6,9-10H,2-5,7,15H2,1H3. The van der Waals surface area contributed by atoms with Crippen molar-refractivity contribution in [1.82, 2.24) is 9.78 Å². The Kier molecular flexibility index (Phi) is 7.22. The van der Waals surface area contributed by atoms with Crippen molar-refractivity contribution >= 4 is 11.6 Å². The van der Waals surface area contributed by atoms with Crippen LogP contribution in [0.5, 0.6) is 0 Å². The van der Waals surface area contributed by atoms with E-state index >= 15 is 0 Å². The summed E-state index contributed by atoms with van der Waals surface area (Å²) in [6.07, 6.45) is -0.565. The highest BCUT2D eigenvalue weighted by molar-refractivity contribution is 6.31. The van der Waals surface area contributed by atoms with Crippen LogP contribution in [0.3, 0.4) is 0 Å². The maximum Gasteiger partial charge on any atom is 0.261 e. The van der Waals surface area contributed by atoms with Crippen LogP contribution < -0.4 is 5.73 Å². The summed E-state index contributed by atoms with van der Waals surface area (Å²) in [7, 11) is 1.59. The fraction of sp³-hybridized carbons (Fsp3) is 0.727. The minimum Gasteiger partial charge on any atom is -0.383 e. The number of ether oxygens (including phenoxy) is 2. The number of hydrogen-bond donors (Lipinski definition) is 1. The number of nitrogens with two attached hydrogens (primary N) is 1. The number of halogens is 3. The van der Waals surface area contributed by atoms with E-state index in [9.17, 15) is 8.78 Å². The van der Waals surface area contributed by atoms with Crippen molar-refractivity contribution in [3.8, 4) is 0 Å². The lowest BCUT2D eigenvalue weighted by molar-refractivity contribution is 0.0150. The van der Waals surface area contributed by atoms with Crippen molar-refractivity contribution in [2.24, 2.45) is 5.73 Å². The highest BCUT2D eigenvalue weighted by Gasteiger charge is 2.17. The van der Waals surface area contributed by atoms with Gasteiger partial charge in [0.15, 0.2) is 0 Å². The number of nitrogens with zero attached hydrogens (tertiary/aromatic N) is 2. The van der Waals surface area contributed by atoms with Gasteiger partial charge in [-0.15, -0.1) is 0 Å². The lowest BCUT2D eigenvalue weighted by atomic mass is 10.1. The van der Waals surface area contributed by atoms with E-state index in [0.29, 0.717) is 30.3 Å². The third-order valence-electron chi connectivity index (χ3n) is 2.51. The van der Waals surface area contributed by atoms with Crippen molar-refractivity contribution in [3.05, 3.63) is 16.9 Å². The van der Waals surface area contributed by atoms with E-state index in [1.807, 2.05) is 0 Å². The van der Waals surface area contributed by atoms with Gasteiger partial charge in [0.05, 0.1) is 36.1 Å². The molecule has 0 spiro atoms. The average Bonchev–Trinajstić information content (AvgIpc) is 2.73. The molecule has 0 radical (unpaired) electrons. The molecule has 0 saturated carbocycles. The summed E-state index contributed by atoms with van der Waals surface area (Å²) in [5.41, 5.74) is 6.64. The van der Waals surface area contributed by atoms with Crippen LogP contribution in [0.25, 0.3) is 0 Å². The van der Waals surface area contributed by atoms with Crippen LogP contribution >= 0.6 is 11.6 Å². The Hall–Kier alpha value is -0.760. The van der Waals surface area contributed by atoms with Crippen LogP contribution in [0.15, 0.2) is 6.20 Å². The van der Waals surface area contributed by atoms with Crippen molar-refractivity contribution < 1.29 is 18.3 Å². The molecule has 1 heterocycles. The summed E-state index contributed by atoms with van der Waals surface area (Å²) in [5.74, 6) is 0. The molecule has 0 bridgehead atoms. The van der Waals surface area contributed by atoms with E-state index in [1.165, 1.54) is 6.20 Å². The van der Waals surface area contributed by atoms with Gasteiger partial charge in [-0.25, -0.2) is 8.78 Å². The molecule has 0 aromatic carbocycles. The number of rotatable bonds is 9. The molecule has 0 aliphatic heterocycles. The molecule has 0 saturated heterocycles. The van der Waals surface area contributed by atoms with Crippen LogP contribution in [0.2, 0.25) is 5.02 Å². The fourth-order valence-corrected chi connectivity index (χ4v) is 1.90. The first kappa shape index (κ1) is 16.3. The van der Waals surface area contributed by atoms with E-state index < -0.39 is 19.1 Å². The summed E-state index contributed by atoms with van der Waals surface area (Å²) in [5, 5.41) is 4.55. The zero-order valence-corrected chi connectivity index (χ0v) is 11.4. The van der Waals surface area contributed by atoms with E-state index in [4.69, 9.17) is 26.8 Å². The second kappa shape index (κ2) is 8.42. The predicted molar refractivity (Wildman–Crippen MR) is 67.5 cm³/mol. The minimum absolute atomic E-state index is 0.150. The van der Waals surface area contributed by atoms with Crippen molar-refractivity contribution in [2.45, 2.75) is 25.4 Å². The topological polar surface area (TPSA) is 62.3 Å². The molecule has 110 valence electrons. The maximum absolute atomic E-state index is 11.9. The van der Waals surface area contributed by atoms with Gasteiger partial charge in [0.2, 0.25) is 0 Å². The van der Waals surface area contributed by atoms with Crippen molar-refractivity contribution in [1.29, 1.82) is 0 Å². The van der Waals surface area contributed by atoms with Crippen LogP contribution in [-0.4, -0.2) is 43.1 Å². The smallest absolute Gasteiger partial charge is 0.261 e. The molecule has 0 aliphatic carbocycles. The second-order valence-electron chi connectivity index (χ2n) is 3.95. The molecule has 2 N–H and O–H groups in total. The zero-order valence-electron chi connectivity index (χ0n) is 10.7. The minimum atomic E-state index is -2.47. The van der Waals surface area contributed by atoms with Gasteiger partial charge in [0.1, 0.15) is 6.61 Å². The third-order valence-corrected chi connectivity index (χ3v) is 2.80. The van der Waals surface area contributed by atoms with Gasteiger partial charge in [-0.3, -0.25) is 4.68 Å². The third kappa shape index (κ3) is 5.40. The number of methoxy groups -OCH3 is 1. The molecule has 1 rings (SSSR count). The number of hydrogen-bond acceptors (Lipinski definition) is 4. The van der Waals surface area contributed by atoms with E-state index in [1.54, 1.807) is 11.8 Å². The normalized spacial score (nSPS) is 13.2. The summed E-state index contributed by atoms with van der Waals surface area (Å²) >= 11 is 6.02. The van der Waals surface area contributed by atoms with E-state index in [-0.39, 0.29) is 6.61 Å². The molecule has 0 amide bonds. The van der Waals surface area contributed by atoms with Crippen LogP contribution in [-0.2, 0) is 16.0 Å². The van der Waals surface area contributed by atoms with Crippen LogP contribution in [0.4, 0.5) is 8.78 Å². The molecule has 0 aliphatic rings. The lowest BCUT2D eigenvalue weighted by Crippen LogP contribution is -2.20. The molecule has 1 aromatic rings. The Bertz CT molecular complexity index is 377. The Morgan fingerprint density at radius 1 is 1.47 bits per heavy atom. The SMILES string of the molecule is COCCn1ncc(Cl)c1C(N)CCOCC(F)F. The lowest BCUT2D eigenvalue weighted by Gasteiger charge is -2.15. The molecular formula is C11H18ClF2N3O2. The largest absolute Gasteiger partial charge is 0.383 e. The van der Waals surface area contributed by atoms with Crippen molar-refractivity contribution in [3.63, 3.8) is 0 Å². The molecule has 1 unspecified atom stereocenters. The molecule has 0 fully saturated rings. The van der Waals surface area contributed by atoms with Gasteiger partial charge in [0.25, 0.3) is 6.43 Å². The molecule has 8 heteroatoms. The quantitative estimate of drug-likeness (QED) is 0.707. The average molecular weight is 298 g/mol. The van der Waals surface area contributed by atoms with Crippen LogP contribution in [0.1, 0.15) is 18.2 Å². The summed E-state index contributed by atoms with van der Waals surface area (Å²) in [6, 6.07) is -0.412. The van der Waals surface area contributed by atoms with Gasteiger partial charge >= 0.3 is 0 Å². The Balaban J connectivity index is 2.50. The van der Waals surface area contributed by atoms with Gasteiger partial charge in [-0.2, -0.15) is 5.10 Å². The van der Waals surface area contributed by atoms with Gasteiger partial charge < -0.3 is 15.2 Å². The maximum atomic E-state index is 11.9. The number of aromatic nitrogens is 2. The number of alkyl halides is 2. The fourth-order valence-electron chi connectivity index (χ4n) is 1.62. The highest BCUT2D eigenvalue weighted by atomic mass is 35.5. The molecular weight excluding hydrogens is 280 g/mol. The van der Waals surface area contributed by atoms with Gasteiger partial charge in [0, 0.05) is 13.7 Å². The van der Waals surface area contributed by atoms with Crippen LogP contribution in [0, 0.1) is 0 Å². The first-order valence-corrected chi connectivity index (χ1v) is 6.25. The van der Waals surface area contributed by atoms with E-state index in [2.05, 4.69) is 5.10 Å². The first-order valence-electron chi connectivity index (χ1n) is 5.87. The Labute approximate surface area is 115 Å². The Morgan fingerprint density at radius 2 is 2.21 bits per heavy atom. The molecule has 19 heavy (non-hydrogen) atoms. The monoisotopic (exact) mass is 297 g/mol. The Morgan fingerprint density at radius 3 is 2.84 bits per heavy atom. The predicted octanol–water partition coefficient (Wildman–Crippen LogP) is 1.85. The van der Waals surface area contributed by atoms with Crippen molar-refractivity contribution in [2.75, 3.05) is 26.9 Å². The summed E-state index contributed by atoms with van der Waals surface area (Å²) in [6.45, 7) is 0.588. The van der Waals surface area contributed by atoms with Gasteiger partial charge in [-0.1, -0.05) is 11.6 Å². The summed E-state index contributed by atoms with van der Waals surface area (Å²) < 4.78 is 35.2. The summed E-state index contributed by atoms with van der Waals surface area (Å²) in [4.78, 5) is 0. The molecule has 5 nitrogen and oxygen atoms in total. The zero-order chi connectivity index (χ0) is 14.3. The first-order chi connectivity index (χ1) is 9.06.